The highest BCUT2D eigenvalue weighted by Crippen LogP contribution is 2.20. The van der Waals surface area contributed by atoms with Crippen LogP contribution in [0.1, 0.15) is 32.2 Å². The predicted octanol–water partition coefficient (Wildman–Crippen LogP) is 1.48. The molecule has 6 nitrogen and oxygen atoms in total. The molecule has 0 saturated carbocycles. The van der Waals surface area contributed by atoms with Gasteiger partial charge in [0.25, 0.3) is 11.8 Å². The van der Waals surface area contributed by atoms with Crippen molar-refractivity contribution in [3.05, 3.63) is 46.8 Å². The topological polar surface area (TPSA) is 84.2 Å². The van der Waals surface area contributed by atoms with Crippen molar-refractivity contribution in [2.45, 2.75) is 13.5 Å². The van der Waals surface area contributed by atoms with Crippen molar-refractivity contribution in [2.75, 3.05) is 5.32 Å². The van der Waals surface area contributed by atoms with Crippen molar-refractivity contribution in [3.63, 3.8) is 0 Å². The van der Waals surface area contributed by atoms with E-state index in [9.17, 15) is 9.59 Å². The molecule has 0 saturated heterocycles. The largest absolute Gasteiger partial charge is 0.351 e. The van der Waals surface area contributed by atoms with Crippen LogP contribution in [0.3, 0.4) is 0 Å². The van der Waals surface area contributed by atoms with Gasteiger partial charge in [-0.3, -0.25) is 9.59 Å². The molecule has 1 aliphatic heterocycles. The Morgan fingerprint density at radius 3 is 3.00 bits per heavy atom. The van der Waals surface area contributed by atoms with E-state index in [1.165, 1.54) is 0 Å². The van der Waals surface area contributed by atoms with Crippen LogP contribution in [0.2, 0.25) is 0 Å². The minimum atomic E-state index is -0.390. The lowest BCUT2D eigenvalue weighted by molar-refractivity contribution is 0.0962. The molecule has 0 bridgehead atoms. The second-order valence-electron chi connectivity index (χ2n) is 4.34. The van der Waals surface area contributed by atoms with Crippen LogP contribution >= 0.6 is 0 Å². The molecule has 1 aromatic carbocycles. The summed E-state index contributed by atoms with van der Waals surface area (Å²) in [6.45, 7) is 2.27. The van der Waals surface area contributed by atoms with Gasteiger partial charge in [0.2, 0.25) is 5.76 Å². The average molecular weight is 257 g/mol. The van der Waals surface area contributed by atoms with Crippen LogP contribution in [-0.4, -0.2) is 17.0 Å². The van der Waals surface area contributed by atoms with E-state index in [4.69, 9.17) is 4.52 Å². The van der Waals surface area contributed by atoms with Gasteiger partial charge in [-0.15, -0.1) is 0 Å². The first-order chi connectivity index (χ1) is 9.13. The number of anilines is 1. The Kier molecular flexibility index (Phi) is 2.56. The van der Waals surface area contributed by atoms with Gasteiger partial charge in [-0.1, -0.05) is 11.2 Å². The summed E-state index contributed by atoms with van der Waals surface area (Å²) in [7, 11) is 0. The van der Waals surface area contributed by atoms with E-state index in [2.05, 4.69) is 15.8 Å². The highest BCUT2D eigenvalue weighted by molar-refractivity contribution is 6.04. The SMILES string of the molecule is Cc1cc(C(=O)Nc2ccc3c(c2)C(=O)NC3)on1. The molecule has 0 unspecified atom stereocenters. The summed E-state index contributed by atoms with van der Waals surface area (Å²) >= 11 is 0. The standard InChI is InChI=1S/C13H11N3O3/c1-7-4-11(19-16-7)13(18)15-9-3-2-8-6-14-12(17)10(8)5-9/h2-5H,6H2,1H3,(H,14,17)(H,15,18). The number of fused-ring (bicyclic) bond motifs is 1. The molecule has 0 spiro atoms. The van der Waals surface area contributed by atoms with Crippen molar-refractivity contribution >= 4 is 17.5 Å². The van der Waals surface area contributed by atoms with Gasteiger partial charge in [-0.2, -0.15) is 0 Å². The molecule has 96 valence electrons. The summed E-state index contributed by atoms with van der Waals surface area (Å²) < 4.78 is 4.87. The summed E-state index contributed by atoms with van der Waals surface area (Å²) in [5.74, 6) is -0.372. The molecule has 0 atom stereocenters. The highest BCUT2D eigenvalue weighted by atomic mass is 16.5. The summed E-state index contributed by atoms with van der Waals surface area (Å²) in [4.78, 5) is 23.4. The Morgan fingerprint density at radius 1 is 1.42 bits per heavy atom. The summed E-state index contributed by atoms with van der Waals surface area (Å²) in [5, 5.41) is 9.04. The van der Waals surface area contributed by atoms with Crippen molar-refractivity contribution in [2.24, 2.45) is 0 Å². The zero-order valence-electron chi connectivity index (χ0n) is 10.2. The molecule has 0 radical (unpaired) electrons. The molecule has 1 aliphatic rings. The van der Waals surface area contributed by atoms with Crippen LogP contribution in [0, 0.1) is 6.92 Å². The molecule has 0 fully saturated rings. The van der Waals surface area contributed by atoms with E-state index in [0.29, 0.717) is 23.5 Å². The summed E-state index contributed by atoms with van der Waals surface area (Å²) in [6, 6.07) is 6.77. The number of nitrogens with one attached hydrogen (secondary N) is 2. The fourth-order valence-corrected chi connectivity index (χ4v) is 1.95. The second kappa shape index (κ2) is 4.24. The molecule has 0 aliphatic carbocycles. The highest BCUT2D eigenvalue weighted by Gasteiger charge is 2.19. The first kappa shape index (κ1) is 11.5. The predicted molar refractivity (Wildman–Crippen MR) is 66.8 cm³/mol. The first-order valence-electron chi connectivity index (χ1n) is 5.79. The number of nitrogens with zero attached hydrogens (tertiary/aromatic N) is 1. The van der Waals surface area contributed by atoms with Crippen LogP contribution in [0.25, 0.3) is 0 Å². The number of aryl methyl sites for hydroxylation is 1. The maximum Gasteiger partial charge on any atom is 0.294 e. The maximum atomic E-state index is 11.9. The average Bonchev–Trinajstić information content (AvgIpc) is 2.97. The Hall–Kier alpha value is -2.63. The van der Waals surface area contributed by atoms with Crippen LogP contribution in [0.5, 0.6) is 0 Å². The van der Waals surface area contributed by atoms with Crippen molar-refractivity contribution in [1.29, 1.82) is 0 Å². The van der Waals surface area contributed by atoms with E-state index in [1.54, 1.807) is 25.1 Å². The molecule has 1 aromatic heterocycles. The molecular formula is C13H11N3O3. The Bertz CT molecular complexity index is 676. The van der Waals surface area contributed by atoms with Crippen LogP contribution in [0.4, 0.5) is 5.69 Å². The van der Waals surface area contributed by atoms with Gasteiger partial charge in [0.1, 0.15) is 0 Å². The van der Waals surface area contributed by atoms with Gasteiger partial charge >= 0.3 is 0 Å². The third kappa shape index (κ3) is 2.08. The maximum absolute atomic E-state index is 11.9. The fourth-order valence-electron chi connectivity index (χ4n) is 1.95. The minimum Gasteiger partial charge on any atom is -0.351 e. The van der Waals surface area contributed by atoms with E-state index < -0.39 is 0 Å². The smallest absolute Gasteiger partial charge is 0.294 e. The number of carbonyl (C=O) groups is 2. The van der Waals surface area contributed by atoms with Gasteiger partial charge in [0.15, 0.2) is 0 Å². The summed E-state index contributed by atoms with van der Waals surface area (Å²) in [6.07, 6.45) is 0. The summed E-state index contributed by atoms with van der Waals surface area (Å²) in [5.41, 5.74) is 2.71. The van der Waals surface area contributed by atoms with Gasteiger partial charge in [-0.25, -0.2) is 0 Å². The van der Waals surface area contributed by atoms with Crippen molar-refractivity contribution in [1.82, 2.24) is 10.5 Å². The van der Waals surface area contributed by atoms with E-state index in [1.807, 2.05) is 6.07 Å². The number of benzene rings is 1. The van der Waals surface area contributed by atoms with Crippen molar-refractivity contribution < 1.29 is 14.1 Å². The quantitative estimate of drug-likeness (QED) is 0.853. The van der Waals surface area contributed by atoms with Crippen LogP contribution in [-0.2, 0) is 6.54 Å². The van der Waals surface area contributed by atoms with E-state index >= 15 is 0 Å². The molecule has 2 aromatic rings. The van der Waals surface area contributed by atoms with Crippen molar-refractivity contribution in [3.8, 4) is 0 Å². The minimum absolute atomic E-state index is 0.124. The third-order valence-corrected chi connectivity index (χ3v) is 2.90. The zero-order chi connectivity index (χ0) is 13.4. The number of hydrogen-bond donors (Lipinski definition) is 2. The molecule has 2 N–H and O–H groups in total. The first-order valence-corrected chi connectivity index (χ1v) is 5.79. The third-order valence-electron chi connectivity index (χ3n) is 2.90. The molecule has 2 amide bonds. The van der Waals surface area contributed by atoms with Gasteiger partial charge in [0.05, 0.1) is 5.69 Å². The number of rotatable bonds is 2. The molecule has 19 heavy (non-hydrogen) atoms. The Morgan fingerprint density at radius 2 is 2.26 bits per heavy atom. The van der Waals surface area contributed by atoms with E-state index in [0.717, 1.165) is 5.56 Å². The lowest BCUT2D eigenvalue weighted by Crippen LogP contribution is -2.13. The normalized spacial score (nSPS) is 13.0. The second-order valence-corrected chi connectivity index (χ2v) is 4.34. The number of amides is 2. The lowest BCUT2D eigenvalue weighted by Gasteiger charge is -2.04. The molecular weight excluding hydrogens is 246 g/mol. The van der Waals surface area contributed by atoms with Crippen LogP contribution in [0.15, 0.2) is 28.8 Å². The molecule has 3 rings (SSSR count). The number of hydrogen-bond acceptors (Lipinski definition) is 4. The fraction of sp³-hybridized carbons (Fsp3) is 0.154. The Labute approximate surface area is 108 Å². The Balaban J connectivity index is 1.82. The van der Waals surface area contributed by atoms with Gasteiger partial charge < -0.3 is 15.2 Å². The molecule has 6 heteroatoms. The number of aromatic nitrogens is 1. The van der Waals surface area contributed by atoms with Crippen LogP contribution < -0.4 is 10.6 Å². The zero-order valence-corrected chi connectivity index (χ0v) is 10.2. The monoisotopic (exact) mass is 257 g/mol. The van der Waals surface area contributed by atoms with Gasteiger partial charge in [0, 0.05) is 23.9 Å². The van der Waals surface area contributed by atoms with Gasteiger partial charge in [-0.05, 0) is 24.6 Å². The lowest BCUT2D eigenvalue weighted by atomic mass is 10.1. The van der Waals surface area contributed by atoms with E-state index in [-0.39, 0.29) is 17.6 Å². The number of carbonyl (C=O) groups excluding carboxylic acids is 2. The molecule has 2 heterocycles.